The van der Waals surface area contributed by atoms with E-state index in [0.29, 0.717) is 11.7 Å². The lowest BCUT2D eigenvalue weighted by molar-refractivity contribution is 0.225. The number of ether oxygens (including phenoxy) is 3. The number of carbonyl (C=O) groups is 1. The number of methoxy groups -OCH3 is 3. The van der Waals surface area contributed by atoms with Crippen LogP contribution in [-0.4, -0.2) is 57.6 Å². The molecular weight excluding hydrogens is 420 g/mol. The molecule has 2 N–H and O–H groups in total. The van der Waals surface area contributed by atoms with E-state index in [0.717, 1.165) is 55.2 Å². The minimum atomic E-state index is -0.357. The van der Waals surface area contributed by atoms with Crippen LogP contribution < -0.4 is 25.0 Å². The van der Waals surface area contributed by atoms with Crippen molar-refractivity contribution in [2.75, 3.05) is 40.2 Å². The topological polar surface area (TPSA) is 84.4 Å². The highest BCUT2D eigenvalue weighted by atomic mass is 16.5. The van der Waals surface area contributed by atoms with Gasteiger partial charge in [-0.3, -0.25) is 0 Å². The summed E-state index contributed by atoms with van der Waals surface area (Å²) < 4.78 is 16.1. The molecule has 0 aromatic heterocycles. The smallest absolute Gasteiger partial charge is 0.339 e. The lowest BCUT2D eigenvalue weighted by atomic mass is 9.65. The quantitative estimate of drug-likeness (QED) is 0.647. The van der Waals surface area contributed by atoms with E-state index >= 15 is 0 Å². The molecule has 2 aromatic carbocycles. The predicted octanol–water partition coefficient (Wildman–Crippen LogP) is 4.02. The van der Waals surface area contributed by atoms with E-state index in [4.69, 9.17) is 14.2 Å². The minimum Gasteiger partial charge on any atom is -0.497 e. The zero-order valence-electron chi connectivity index (χ0n) is 19.7. The lowest BCUT2D eigenvalue weighted by Crippen LogP contribution is -2.46. The number of hydrazone groups is 1. The molecule has 1 aliphatic carbocycles. The number of nitrogens with zero attached hydrogens (tertiary/aromatic N) is 2. The van der Waals surface area contributed by atoms with E-state index in [1.54, 1.807) is 45.6 Å². The van der Waals surface area contributed by atoms with E-state index < -0.39 is 0 Å². The van der Waals surface area contributed by atoms with Crippen molar-refractivity contribution in [3.63, 3.8) is 0 Å². The Kier molecular flexibility index (Phi) is 6.74. The highest BCUT2D eigenvalue weighted by Gasteiger charge is 2.49. The maximum atomic E-state index is 12.3. The van der Waals surface area contributed by atoms with Crippen LogP contribution in [0.4, 0.5) is 10.5 Å². The molecule has 8 heteroatoms. The second kappa shape index (κ2) is 9.70. The van der Waals surface area contributed by atoms with Crippen LogP contribution in [0.5, 0.6) is 17.2 Å². The number of nitrogens with one attached hydrogen (secondary N) is 2. The summed E-state index contributed by atoms with van der Waals surface area (Å²) >= 11 is 0. The molecule has 1 heterocycles. The third kappa shape index (κ3) is 4.61. The van der Waals surface area contributed by atoms with Crippen LogP contribution in [0.25, 0.3) is 0 Å². The number of amides is 2. The van der Waals surface area contributed by atoms with Gasteiger partial charge in [0, 0.05) is 29.3 Å². The summed E-state index contributed by atoms with van der Waals surface area (Å²) in [5.41, 5.74) is 5.67. The average molecular weight is 453 g/mol. The van der Waals surface area contributed by atoms with Crippen molar-refractivity contribution in [2.45, 2.75) is 37.1 Å². The van der Waals surface area contributed by atoms with Crippen molar-refractivity contribution in [1.29, 1.82) is 0 Å². The molecule has 2 fully saturated rings. The zero-order valence-corrected chi connectivity index (χ0v) is 19.7. The zero-order chi connectivity index (χ0) is 23.4. The fraction of sp³-hybridized carbons (Fsp3) is 0.440. The van der Waals surface area contributed by atoms with Crippen LogP contribution in [0.3, 0.4) is 0 Å². The summed E-state index contributed by atoms with van der Waals surface area (Å²) in [5, 5.41) is 7.25. The van der Waals surface area contributed by atoms with E-state index in [1.807, 2.05) is 6.07 Å². The van der Waals surface area contributed by atoms with Gasteiger partial charge < -0.3 is 24.4 Å². The molecule has 0 radical (unpaired) electrons. The van der Waals surface area contributed by atoms with E-state index in [1.165, 1.54) is 5.56 Å². The highest BCUT2D eigenvalue weighted by molar-refractivity contribution is 5.92. The number of carbonyl (C=O) groups excluding carboxylic acids is 1. The molecule has 0 spiro atoms. The normalized spacial score (nSPS) is 23.6. The van der Waals surface area contributed by atoms with E-state index in [2.05, 4.69) is 39.9 Å². The highest BCUT2D eigenvalue weighted by Crippen LogP contribution is 2.49. The number of likely N-dealkylation sites (N-methyl/N-ethyl adjacent to an activating group) is 1. The van der Waals surface area contributed by atoms with Gasteiger partial charge in [-0.1, -0.05) is 6.07 Å². The summed E-state index contributed by atoms with van der Waals surface area (Å²) in [4.78, 5) is 14.7. The summed E-state index contributed by atoms with van der Waals surface area (Å²) in [7, 11) is 7.10. The largest absolute Gasteiger partial charge is 0.497 e. The van der Waals surface area contributed by atoms with Gasteiger partial charge in [0.25, 0.3) is 0 Å². The number of anilines is 1. The first-order valence-electron chi connectivity index (χ1n) is 11.2. The van der Waals surface area contributed by atoms with Crippen molar-refractivity contribution in [1.82, 2.24) is 10.3 Å². The molecule has 33 heavy (non-hydrogen) atoms. The Morgan fingerprint density at radius 1 is 1.03 bits per heavy atom. The third-order valence-corrected chi connectivity index (χ3v) is 6.99. The van der Waals surface area contributed by atoms with Gasteiger partial charge in [0.1, 0.15) is 5.75 Å². The average Bonchev–Trinajstić information content (AvgIpc) is 3.19. The SMILES string of the molecule is COc1ccc(NC(=O)N/N=C2\CC[C@@]3(c4ccc(OC)c(OC)c4)CCN(C)[C@H]3C2)cc1. The number of benzene rings is 2. The monoisotopic (exact) mass is 452 g/mol. The molecule has 2 aliphatic rings. The number of hydrogen-bond donors (Lipinski definition) is 2. The molecule has 2 atom stereocenters. The summed E-state index contributed by atoms with van der Waals surface area (Å²) in [6.45, 7) is 1.03. The molecule has 8 nitrogen and oxygen atoms in total. The molecule has 0 unspecified atom stereocenters. The Balaban J connectivity index is 1.45. The number of rotatable bonds is 6. The fourth-order valence-electron chi connectivity index (χ4n) is 5.15. The van der Waals surface area contributed by atoms with Crippen LogP contribution >= 0.6 is 0 Å². The Bertz CT molecular complexity index is 1020. The summed E-state index contributed by atoms with van der Waals surface area (Å²) in [6, 6.07) is 13.4. The van der Waals surface area contributed by atoms with Crippen LogP contribution in [-0.2, 0) is 5.41 Å². The van der Waals surface area contributed by atoms with Crippen molar-refractivity contribution < 1.29 is 19.0 Å². The Labute approximate surface area is 194 Å². The molecule has 1 saturated carbocycles. The van der Waals surface area contributed by atoms with Crippen molar-refractivity contribution in [3.8, 4) is 17.2 Å². The number of hydrogen-bond acceptors (Lipinski definition) is 6. The Morgan fingerprint density at radius 2 is 1.79 bits per heavy atom. The molecule has 2 amide bonds. The molecule has 4 rings (SSSR count). The van der Waals surface area contributed by atoms with Crippen LogP contribution in [0.2, 0.25) is 0 Å². The standard InChI is InChI=1S/C25H32N4O4/c1-29-14-13-25(17-5-10-21(32-3)22(15-17)33-4)12-11-19(16-23(25)29)27-28-24(30)26-18-6-8-20(31-2)9-7-18/h5-10,15,23H,11-14,16H2,1-4H3,(H2,26,28,30)/b27-19+/t23-,25-/m0/s1. The van der Waals surface area contributed by atoms with Gasteiger partial charge in [-0.25, -0.2) is 10.2 Å². The minimum absolute atomic E-state index is 0.0404. The number of fused-ring (bicyclic) bond motifs is 1. The first-order valence-corrected chi connectivity index (χ1v) is 11.2. The van der Waals surface area contributed by atoms with Gasteiger partial charge in [0.2, 0.25) is 0 Å². The van der Waals surface area contributed by atoms with Gasteiger partial charge in [-0.05, 0) is 74.8 Å². The van der Waals surface area contributed by atoms with Crippen molar-refractivity contribution >= 4 is 17.4 Å². The summed E-state index contributed by atoms with van der Waals surface area (Å²) in [6.07, 6.45) is 3.70. The molecule has 1 saturated heterocycles. The second-order valence-electron chi connectivity index (χ2n) is 8.65. The first kappa shape index (κ1) is 22.9. The Hall–Kier alpha value is -3.26. The van der Waals surface area contributed by atoms with Gasteiger partial charge >= 0.3 is 6.03 Å². The van der Waals surface area contributed by atoms with Gasteiger partial charge in [0.05, 0.1) is 21.3 Å². The van der Waals surface area contributed by atoms with Crippen LogP contribution in [0.15, 0.2) is 47.6 Å². The molecule has 0 bridgehead atoms. The fourth-order valence-corrected chi connectivity index (χ4v) is 5.15. The molecule has 176 valence electrons. The lowest BCUT2D eigenvalue weighted by Gasteiger charge is -2.42. The maximum Gasteiger partial charge on any atom is 0.339 e. The van der Waals surface area contributed by atoms with Gasteiger partial charge in [0.15, 0.2) is 11.5 Å². The maximum absolute atomic E-state index is 12.3. The summed E-state index contributed by atoms with van der Waals surface area (Å²) in [5.74, 6) is 2.24. The predicted molar refractivity (Wildman–Crippen MR) is 129 cm³/mol. The second-order valence-corrected chi connectivity index (χ2v) is 8.65. The van der Waals surface area contributed by atoms with E-state index in [-0.39, 0.29) is 11.4 Å². The number of likely N-dealkylation sites (tertiary alicyclic amines) is 1. The Morgan fingerprint density at radius 3 is 2.48 bits per heavy atom. The van der Waals surface area contributed by atoms with Crippen molar-refractivity contribution in [3.05, 3.63) is 48.0 Å². The third-order valence-electron chi connectivity index (χ3n) is 6.99. The molecule has 1 aliphatic heterocycles. The van der Waals surface area contributed by atoms with E-state index in [9.17, 15) is 4.79 Å². The first-order chi connectivity index (χ1) is 16.0. The van der Waals surface area contributed by atoms with Gasteiger partial charge in [-0.15, -0.1) is 0 Å². The number of urea groups is 1. The molecular formula is C25H32N4O4. The molecule has 2 aromatic rings. The van der Waals surface area contributed by atoms with Crippen LogP contribution in [0, 0.1) is 0 Å². The van der Waals surface area contributed by atoms with Crippen molar-refractivity contribution in [2.24, 2.45) is 5.10 Å². The van der Waals surface area contributed by atoms with Gasteiger partial charge in [-0.2, -0.15) is 5.10 Å². The van der Waals surface area contributed by atoms with Crippen LogP contribution in [0.1, 0.15) is 31.2 Å².